The molecule has 0 heteroatoms. The molecule has 7 aliphatic rings. The van der Waals surface area contributed by atoms with E-state index in [2.05, 4.69) is 152 Å². The maximum absolute atomic E-state index is 2.62. The van der Waals surface area contributed by atoms with Crippen LogP contribution in [0.25, 0.3) is 77.7 Å². The van der Waals surface area contributed by atoms with Crippen LogP contribution in [-0.2, 0) is 0 Å². The summed E-state index contributed by atoms with van der Waals surface area (Å²) in [4.78, 5) is 0. The van der Waals surface area contributed by atoms with E-state index in [1.807, 2.05) is 0 Å². The fourth-order valence-corrected chi connectivity index (χ4v) is 11.3. The Morgan fingerprint density at radius 3 is 2.15 bits per heavy atom. The zero-order valence-corrected chi connectivity index (χ0v) is 28.8. The van der Waals surface area contributed by atoms with Gasteiger partial charge in [0.15, 0.2) is 0 Å². The summed E-state index contributed by atoms with van der Waals surface area (Å²) in [6, 6.07) is 37.3. The summed E-state index contributed by atoms with van der Waals surface area (Å²) in [6.07, 6.45) is 25.0. The molecule has 0 spiro atoms. The molecule has 0 amide bonds. The van der Waals surface area contributed by atoms with Gasteiger partial charge in [-0.2, -0.15) is 0 Å². The third-order valence-corrected chi connectivity index (χ3v) is 13.3. The van der Waals surface area contributed by atoms with Gasteiger partial charge in [-0.1, -0.05) is 140 Å². The van der Waals surface area contributed by atoms with Crippen LogP contribution < -0.4 is 10.4 Å². The van der Waals surface area contributed by atoms with Crippen molar-refractivity contribution in [1.29, 1.82) is 0 Å². The number of hydrogen-bond donors (Lipinski definition) is 0. The highest BCUT2D eigenvalue weighted by atomic mass is 14.5. The number of hydrogen-bond acceptors (Lipinski definition) is 0. The van der Waals surface area contributed by atoms with Crippen LogP contribution in [0.3, 0.4) is 0 Å². The van der Waals surface area contributed by atoms with Crippen LogP contribution in [0.2, 0.25) is 0 Å². The Morgan fingerprint density at radius 2 is 1.35 bits per heavy atom. The topological polar surface area (TPSA) is 0 Å². The Bertz CT molecular complexity index is 3010. The molecule has 242 valence electrons. The van der Waals surface area contributed by atoms with Crippen molar-refractivity contribution in [3.05, 3.63) is 190 Å². The molecule has 0 bridgehead atoms. The molecule has 0 aliphatic heterocycles. The second-order valence-electron chi connectivity index (χ2n) is 15.7. The fourth-order valence-electron chi connectivity index (χ4n) is 11.3. The first-order chi connectivity index (χ1) is 25.8. The quantitative estimate of drug-likeness (QED) is 0.174. The molecule has 6 aromatic rings. The average molecular weight is 659 g/mol. The third-order valence-electron chi connectivity index (χ3n) is 13.3. The lowest BCUT2D eigenvalue weighted by Gasteiger charge is -2.34. The van der Waals surface area contributed by atoms with Gasteiger partial charge in [0.05, 0.1) is 0 Å². The summed E-state index contributed by atoms with van der Waals surface area (Å²) < 4.78 is 0. The lowest BCUT2D eigenvalue weighted by molar-refractivity contribution is 0.660. The van der Waals surface area contributed by atoms with Crippen molar-refractivity contribution in [3.8, 4) is 33.4 Å². The number of fused-ring (bicyclic) bond motifs is 8. The van der Waals surface area contributed by atoms with Gasteiger partial charge >= 0.3 is 0 Å². The predicted octanol–water partition coefficient (Wildman–Crippen LogP) is 11.6. The predicted molar refractivity (Wildman–Crippen MR) is 218 cm³/mol. The van der Waals surface area contributed by atoms with Gasteiger partial charge in [-0.25, -0.2) is 0 Å². The van der Waals surface area contributed by atoms with Crippen molar-refractivity contribution in [2.45, 2.75) is 25.2 Å². The van der Waals surface area contributed by atoms with Crippen LogP contribution >= 0.6 is 0 Å². The van der Waals surface area contributed by atoms with E-state index in [9.17, 15) is 0 Å². The van der Waals surface area contributed by atoms with E-state index in [1.165, 1.54) is 115 Å². The van der Waals surface area contributed by atoms with Crippen molar-refractivity contribution >= 4 is 44.3 Å². The highest BCUT2D eigenvalue weighted by Crippen LogP contribution is 2.62. The molecule has 0 saturated carbocycles. The highest BCUT2D eigenvalue weighted by Gasteiger charge is 2.45. The maximum atomic E-state index is 2.62. The summed E-state index contributed by atoms with van der Waals surface area (Å²) in [5.41, 5.74) is 21.6. The van der Waals surface area contributed by atoms with E-state index in [4.69, 9.17) is 0 Å². The van der Waals surface area contributed by atoms with Crippen molar-refractivity contribution in [2.75, 3.05) is 0 Å². The van der Waals surface area contributed by atoms with Gasteiger partial charge in [0, 0.05) is 17.8 Å². The van der Waals surface area contributed by atoms with E-state index in [0.717, 1.165) is 19.3 Å². The van der Waals surface area contributed by atoms with Gasteiger partial charge in [-0.05, 0) is 147 Å². The van der Waals surface area contributed by atoms with Crippen LogP contribution in [0.4, 0.5) is 0 Å². The molecule has 0 saturated heterocycles. The minimum Gasteiger partial charge on any atom is -0.0839 e. The molecule has 6 aromatic carbocycles. The first-order valence-electron chi connectivity index (χ1n) is 19.1. The monoisotopic (exact) mass is 658 g/mol. The average Bonchev–Trinajstić information content (AvgIpc) is 3.69. The molecule has 0 fully saturated rings. The van der Waals surface area contributed by atoms with Gasteiger partial charge in [-0.3, -0.25) is 0 Å². The highest BCUT2D eigenvalue weighted by molar-refractivity contribution is 6.20. The Balaban J connectivity index is 1.22. The van der Waals surface area contributed by atoms with Crippen LogP contribution in [0.5, 0.6) is 0 Å². The molecule has 0 heterocycles. The lowest BCUT2D eigenvalue weighted by Crippen LogP contribution is -2.25. The summed E-state index contributed by atoms with van der Waals surface area (Å²) in [6.45, 7) is 0. The second kappa shape index (κ2) is 9.87. The summed E-state index contributed by atoms with van der Waals surface area (Å²) in [5, 5.41) is 8.45. The number of rotatable bonds is 2. The molecule has 7 aliphatic carbocycles. The zero-order valence-electron chi connectivity index (χ0n) is 28.8. The molecule has 52 heavy (non-hydrogen) atoms. The largest absolute Gasteiger partial charge is 0.0839 e. The normalized spacial score (nSPS) is 21.8. The van der Waals surface area contributed by atoms with Crippen LogP contribution in [-0.4, -0.2) is 0 Å². The molecule has 0 nitrogen and oxygen atoms in total. The number of allylic oxidation sites excluding steroid dienone is 12. The van der Waals surface area contributed by atoms with Gasteiger partial charge < -0.3 is 0 Å². The molecule has 0 radical (unpaired) electrons. The van der Waals surface area contributed by atoms with Crippen molar-refractivity contribution in [3.63, 3.8) is 0 Å². The maximum Gasteiger partial charge on any atom is 0.0206 e. The summed E-state index contributed by atoms with van der Waals surface area (Å²) in [5.74, 6) is 1.12. The van der Waals surface area contributed by atoms with E-state index in [0.29, 0.717) is 17.8 Å². The molecular weight excluding hydrogens is 625 g/mol. The molecule has 3 atom stereocenters. The fraction of sp³-hybridized carbons (Fsp3) is 0.115. The van der Waals surface area contributed by atoms with Crippen LogP contribution in [0.1, 0.15) is 47.4 Å². The minimum absolute atomic E-state index is 0.331. The van der Waals surface area contributed by atoms with Crippen molar-refractivity contribution in [1.82, 2.24) is 0 Å². The number of benzene rings is 6. The molecule has 0 N–H and O–H groups in total. The molecule has 3 unspecified atom stereocenters. The SMILES string of the molecule is C1=CC2CC3=c4c(ccc5ccc(c2c45)=C1)-c1cc2c(-c4ccccc4)c4c(c(-c5ccccc5)c2cc13)C1=CC=CC2C3=C(C=C4C12)CCC=C3. The van der Waals surface area contributed by atoms with Gasteiger partial charge in [0.25, 0.3) is 0 Å². The minimum atomic E-state index is 0.331. The summed E-state index contributed by atoms with van der Waals surface area (Å²) in [7, 11) is 0. The van der Waals surface area contributed by atoms with E-state index < -0.39 is 0 Å². The van der Waals surface area contributed by atoms with Crippen LogP contribution in [0.15, 0.2) is 157 Å². The smallest absolute Gasteiger partial charge is 0.0206 e. The molecule has 13 rings (SSSR count). The molecular formula is C52H34. The van der Waals surface area contributed by atoms with Crippen LogP contribution in [0, 0.1) is 11.8 Å². The Hall–Kier alpha value is -5.98. The van der Waals surface area contributed by atoms with E-state index in [-0.39, 0.29) is 0 Å². The standard InChI is InChI=1S/C52H34/c1-3-11-29(12-4-1)46-43-28-40-39(37-24-23-32-22-21-31-16-9-17-34-26-41(40)50(37)48(32)45(31)34)27-42(43)47(30-13-5-2-6-14-30)52-44-25-33-15-7-8-18-35(33)36-19-10-20-38(49(36)44)51(46)52/h1-6,8-14,16-25,27-28,34,36,49H,7,15,26H2. The van der Waals surface area contributed by atoms with Gasteiger partial charge in [0.2, 0.25) is 0 Å². The Kier molecular flexibility index (Phi) is 5.26. The lowest BCUT2D eigenvalue weighted by atomic mass is 9.69. The van der Waals surface area contributed by atoms with Gasteiger partial charge in [0.1, 0.15) is 0 Å². The zero-order chi connectivity index (χ0) is 33.7. The van der Waals surface area contributed by atoms with Crippen molar-refractivity contribution in [2.24, 2.45) is 11.8 Å². The molecule has 0 aromatic heterocycles. The Labute approximate surface area is 303 Å². The second-order valence-corrected chi connectivity index (χ2v) is 15.7. The first kappa shape index (κ1) is 27.7. The summed E-state index contributed by atoms with van der Waals surface area (Å²) >= 11 is 0. The van der Waals surface area contributed by atoms with E-state index in [1.54, 1.807) is 0 Å². The van der Waals surface area contributed by atoms with Crippen molar-refractivity contribution < 1.29 is 0 Å². The Morgan fingerprint density at radius 1 is 0.615 bits per heavy atom. The third kappa shape index (κ3) is 3.39. The van der Waals surface area contributed by atoms with Gasteiger partial charge in [-0.15, -0.1) is 0 Å². The van der Waals surface area contributed by atoms with E-state index >= 15 is 0 Å². The first-order valence-corrected chi connectivity index (χ1v) is 19.1.